The minimum Gasteiger partial charge on any atom is -0.506 e. The summed E-state index contributed by atoms with van der Waals surface area (Å²) in [6.45, 7) is 0.107. The van der Waals surface area contributed by atoms with Crippen molar-refractivity contribution in [2.24, 2.45) is 4.99 Å². The van der Waals surface area contributed by atoms with Crippen LogP contribution in [0.25, 0.3) is 0 Å². The number of benzene rings is 1. The van der Waals surface area contributed by atoms with Crippen molar-refractivity contribution < 1.29 is 9.90 Å². The highest BCUT2D eigenvalue weighted by Crippen LogP contribution is 2.27. The van der Waals surface area contributed by atoms with Crippen LogP contribution in [0.1, 0.15) is 5.56 Å². The molecule has 12 heavy (non-hydrogen) atoms. The molecule has 0 spiro atoms. The Bertz CT molecular complexity index is 332. The second-order valence-electron chi connectivity index (χ2n) is 2.16. The van der Waals surface area contributed by atoms with E-state index >= 15 is 0 Å². The van der Waals surface area contributed by atoms with Crippen molar-refractivity contribution in [1.29, 1.82) is 0 Å². The lowest BCUT2D eigenvalue weighted by Crippen LogP contribution is -1.82. The number of phenols is 1. The molecule has 0 heterocycles. The Balaban J connectivity index is 2.99. The fourth-order valence-electron chi connectivity index (χ4n) is 0.805. The van der Waals surface area contributed by atoms with Crippen molar-refractivity contribution in [2.45, 2.75) is 6.54 Å². The van der Waals surface area contributed by atoms with Crippen LogP contribution in [0.5, 0.6) is 5.75 Å². The van der Waals surface area contributed by atoms with E-state index in [1.54, 1.807) is 18.2 Å². The van der Waals surface area contributed by atoms with E-state index in [1.165, 1.54) is 6.08 Å². The molecule has 0 aliphatic heterocycles. The topological polar surface area (TPSA) is 49.7 Å². The first-order chi connectivity index (χ1) is 5.75. The maximum atomic E-state index is 9.77. The maximum Gasteiger partial charge on any atom is 0.235 e. The van der Waals surface area contributed by atoms with E-state index < -0.39 is 0 Å². The van der Waals surface area contributed by atoms with E-state index in [1.807, 2.05) is 0 Å². The van der Waals surface area contributed by atoms with E-state index in [2.05, 4.69) is 4.99 Å². The van der Waals surface area contributed by atoms with Gasteiger partial charge >= 0.3 is 0 Å². The number of rotatable bonds is 2. The second-order valence-corrected chi connectivity index (χ2v) is 2.56. The zero-order chi connectivity index (χ0) is 8.97. The number of halogens is 1. The number of aliphatic imine (C=N–C) groups is 1. The zero-order valence-corrected chi connectivity index (χ0v) is 6.88. The third kappa shape index (κ3) is 1.84. The smallest absolute Gasteiger partial charge is 0.235 e. The van der Waals surface area contributed by atoms with Gasteiger partial charge in [-0.1, -0.05) is 23.7 Å². The number of carbonyl (C=O) groups excluding carboxylic acids is 1. The van der Waals surface area contributed by atoms with Gasteiger partial charge in [-0.05, 0) is 6.07 Å². The van der Waals surface area contributed by atoms with Crippen molar-refractivity contribution in [2.75, 3.05) is 0 Å². The summed E-state index contributed by atoms with van der Waals surface area (Å²) in [7, 11) is 0. The molecule has 0 amide bonds. The first-order valence-electron chi connectivity index (χ1n) is 3.25. The van der Waals surface area contributed by atoms with Crippen LogP contribution in [0.4, 0.5) is 0 Å². The fourth-order valence-corrected chi connectivity index (χ4v) is 0.999. The van der Waals surface area contributed by atoms with Crippen molar-refractivity contribution >= 4 is 17.7 Å². The molecule has 0 saturated carbocycles. The Kier molecular flexibility index (Phi) is 2.86. The Morgan fingerprint density at radius 1 is 1.58 bits per heavy atom. The molecule has 1 rings (SSSR count). The van der Waals surface area contributed by atoms with Crippen LogP contribution in [-0.4, -0.2) is 11.2 Å². The molecule has 62 valence electrons. The molecule has 0 unspecified atom stereocenters. The highest BCUT2D eigenvalue weighted by atomic mass is 35.5. The van der Waals surface area contributed by atoms with Gasteiger partial charge in [0.25, 0.3) is 0 Å². The summed E-state index contributed by atoms with van der Waals surface area (Å²) in [6, 6.07) is 4.88. The molecule has 0 bridgehead atoms. The van der Waals surface area contributed by atoms with Crippen LogP contribution in [0.3, 0.4) is 0 Å². The molecule has 1 N–H and O–H groups in total. The van der Waals surface area contributed by atoms with Crippen molar-refractivity contribution in [3.05, 3.63) is 28.8 Å². The van der Waals surface area contributed by atoms with Crippen LogP contribution in [0.15, 0.2) is 23.2 Å². The Morgan fingerprint density at radius 2 is 2.33 bits per heavy atom. The molecule has 1 aromatic rings. The Hall–Kier alpha value is -1.31. The molecule has 0 aromatic heterocycles. The lowest BCUT2D eigenvalue weighted by atomic mass is 10.2. The van der Waals surface area contributed by atoms with E-state index in [4.69, 9.17) is 11.6 Å². The molecule has 0 saturated heterocycles. The molecule has 4 heteroatoms. The third-order valence-corrected chi connectivity index (χ3v) is 1.69. The van der Waals surface area contributed by atoms with Gasteiger partial charge in [0.1, 0.15) is 5.75 Å². The van der Waals surface area contributed by atoms with Gasteiger partial charge in [0, 0.05) is 5.56 Å². The van der Waals surface area contributed by atoms with Gasteiger partial charge in [0.2, 0.25) is 6.08 Å². The monoisotopic (exact) mass is 183 g/mol. The number of para-hydroxylation sites is 1. The quantitative estimate of drug-likeness (QED) is 0.562. The summed E-state index contributed by atoms with van der Waals surface area (Å²) in [4.78, 5) is 13.1. The molecule has 0 radical (unpaired) electrons. The van der Waals surface area contributed by atoms with Gasteiger partial charge in [-0.25, -0.2) is 9.79 Å². The van der Waals surface area contributed by atoms with Crippen LogP contribution >= 0.6 is 11.6 Å². The van der Waals surface area contributed by atoms with Crippen molar-refractivity contribution in [3.63, 3.8) is 0 Å². The van der Waals surface area contributed by atoms with Gasteiger partial charge in [0.05, 0.1) is 11.6 Å². The van der Waals surface area contributed by atoms with E-state index in [-0.39, 0.29) is 17.3 Å². The number of hydrogen-bond donors (Lipinski definition) is 1. The molecule has 1 aromatic carbocycles. The Labute approximate surface area is 74.3 Å². The third-order valence-electron chi connectivity index (χ3n) is 1.38. The first kappa shape index (κ1) is 8.78. The molecular formula is C8H6ClNO2. The van der Waals surface area contributed by atoms with Crippen molar-refractivity contribution in [1.82, 2.24) is 0 Å². The van der Waals surface area contributed by atoms with Crippen LogP contribution in [0, 0.1) is 0 Å². The van der Waals surface area contributed by atoms with E-state index in [0.717, 1.165) is 0 Å². The van der Waals surface area contributed by atoms with Gasteiger partial charge < -0.3 is 5.11 Å². The fraction of sp³-hybridized carbons (Fsp3) is 0.125. The van der Waals surface area contributed by atoms with Crippen LogP contribution in [-0.2, 0) is 11.3 Å². The average Bonchev–Trinajstić information content (AvgIpc) is 2.08. The summed E-state index contributed by atoms with van der Waals surface area (Å²) >= 11 is 5.60. The number of nitrogens with zero attached hydrogens (tertiary/aromatic N) is 1. The molecule has 0 aliphatic carbocycles. The zero-order valence-electron chi connectivity index (χ0n) is 6.12. The summed E-state index contributed by atoms with van der Waals surface area (Å²) < 4.78 is 0. The largest absolute Gasteiger partial charge is 0.506 e. The van der Waals surface area contributed by atoms with E-state index in [0.29, 0.717) is 5.56 Å². The summed E-state index contributed by atoms with van der Waals surface area (Å²) in [6.07, 6.45) is 1.38. The molecule has 3 nitrogen and oxygen atoms in total. The van der Waals surface area contributed by atoms with Gasteiger partial charge in [-0.15, -0.1) is 0 Å². The van der Waals surface area contributed by atoms with Crippen LogP contribution in [0.2, 0.25) is 5.02 Å². The van der Waals surface area contributed by atoms with Crippen molar-refractivity contribution in [3.8, 4) is 5.75 Å². The minimum absolute atomic E-state index is 0.0295. The Morgan fingerprint density at radius 3 is 3.00 bits per heavy atom. The number of phenolic OH excluding ortho intramolecular Hbond substituents is 1. The number of hydrogen-bond acceptors (Lipinski definition) is 3. The lowest BCUT2D eigenvalue weighted by molar-refractivity contribution is 0.468. The summed E-state index contributed by atoms with van der Waals surface area (Å²) in [5.74, 6) is -0.0295. The highest BCUT2D eigenvalue weighted by Gasteiger charge is 2.02. The number of isocyanates is 1. The van der Waals surface area contributed by atoms with E-state index in [9.17, 15) is 9.90 Å². The summed E-state index contributed by atoms with van der Waals surface area (Å²) in [5.41, 5.74) is 0.519. The maximum absolute atomic E-state index is 9.77. The molecular weight excluding hydrogens is 178 g/mol. The second kappa shape index (κ2) is 3.90. The van der Waals surface area contributed by atoms with Gasteiger partial charge in [0.15, 0.2) is 0 Å². The van der Waals surface area contributed by atoms with Gasteiger partial charge in [-0.2, -0.15) is 0 Å². The molecule has 0 atom stereocenters. The molecule has 0 aliphatic rings. The van der Waals surface area contributed by atoms with Gasteiger partial charge in [-0.3, -0.25) is 0 Å². The SMILES string of the molecule is O=C=NCc1cccc(Cl)c1O. The predicted octanol–water partition coefficient (Wildman–Crippen LogP) is 1.88. The number of aromatic hydroxyl groups is 1. The normalized spacial score (nSPS) is 9.08. The lowest BCUT2D eigenvalue weighted by Gasteiger charge is -2.00. The predicted molar refractivity (Wildman–Crippen MR) is 44.9 cm³/mol. The first-order valence-corrected chi connectivity index (χ1v) is 3.63. The summed E-state index contributed by atoms with van der Waals surface area (Å²) in [5, 5.41) is 9.56. The molecule has 0 fully saturated rings. The highest BCUT2D eigenvalue weighted by molar-refractivity contribution is 6.32. The average molecular weight is 184 g/mol. The minimum atomic E-state index is -0.0295. The standard InChI is InChI=1S/C8H6ClNO2/c9-7-3-1-2-6(8(7)12)4-10-5-11/h1-3,12H,4H2. The van der Waals surface area contributed by atoms with Crippen LogP contribution < -0.4 is 0 Å².